The molecule has 9 rings (SSSR count). The van der Waals surface area contributed by atoms with Crippen molar-refractivity contribution in [2.24, 2.45) is 0 Å². The van der Waals surface area contributed by atoms with Gasteiger partial charge < -0.3 is 47.9 Å². The zero-order valence-electron chi connectivity index (χ0n) is 43.2. The fraction of sp³-hybridized carbons (Fsp3) is 0.429. The second-order valence-corrected chi connectivity index (χ2v) is 17.6. The molecule has 4 aromatic carbocycles. The molecule has 3 aromatic heterocycles. The first kappa shape index (κ1) is 52.5. The molecule has 2 N–H and O–H groups in total. The maximum atomic E-state index is 6.53. The largest absolute Gasteiger partial charge is 1.00 e. The van der Waals surface area contributed by atoms with Crippen molar-refractivity contribution in [3.05, 3.63) is 48.5 Å². The van der Waals surface area contributed by atoms with Gasteiger partial charge in [-0.05, 0) is 99.9 Å². The fourth-order valence-electron chi connectivity index (χ4n) is 8.73. The number of hydrogen-bond donors (Lipinski definition) is 2. The summed E-state index contributed by atoms with van der Waals surface area (Å²) in [4.78, 5) is 39.7. The van der Waals surface area contributed by atoms with Crippen LogP contribution in [0.15, 0.2) is 48.5 Å². The average Bonchev–Trinajstić information content (AvgIpc) is 4.16. The van der Waals surface area contributed by atoms with Crippen LogP contribution in [0.25, 0.3) is 89.7 Å². The van der Waals surface area contributed by atoms with Crippen LogP contribution in [0.5, 0.6) is 46.0 Å². The van der Waals surface area contributed by atoms with Crippen LogP contribution in [0.4, 0.5) is 0 Å². The number of H-pyrrole nitrogens is 2. The molecule has 8 bridgehead atoms. The van der Waals surface area contributed by atoms with Crippen molar-refractivity contribution in [3.63, 3.8) is 0 Å². The average molecular weight is 1040 g/mol. The van der Waals surface area contributed by atoms with Crippen LogP contribution in [0.2, 0.25) is 0 Å². The summed E-state index contributed by atoms with van der Waals surface area (Å²) in [5.41, 5.74) is 4.29. The van der Waals surface area contributed by atoms with Crippen molar-refractivity contribution in [1.29, 1.82) is 0 Å². The third kappa shape index (κ3) is 10.5. The molecule has 0 atom stereocenters. The zero-order chi connectivity index (χ0) is 50.1. The van der Waals surface area contributed by atoms with Crippen LogP contribution in [0, 0.1) is 0 Å². The molecule has 17 heteroatoms. The summed E-state index contributed by atoms with van der Waals surface area (Å²) in [5.74, 6) is 6.16. The smallest absolute Gasteiger partial charge is 0.493 e. The third-order valence-electron chi connectivity index (χ3n) is 11.8. The fourth-order valence-corrected chi connectivity index (χ4v) is 8.73. The first-order valence-electron chi connectivity index (χ1n) is 25.9. The molecular formula is C56H66CuN8O8+. The normalized spacial score (nSPS) is 11.5. The quantitative estimate of drug-likeness (QED) is 0.0545. The number of hydrogen-bond acceptors (Lipinski definition) is 14. The van der Waals surface area contributed by atoms with Gasteiger partial charge in [-0.3, -0.25) is 0 Å². The molecule has 2 aliphatic rings. The molecular weight excluding hydrogens is 976 g/mol. The predicted octanol–water partition coefficient (Wildman–Crippen LogP) is 13.2. The van der Waals surface area contributed by atoms with Crippen LogP contribution in [-0.2, 0) is 17.1 Å². The number of rotatable bonds is 24. The number of ether oxygens (including phenoxy) is 8. The molecule has 0 fully saturated rings. The van der Waals surface area contributed by atoms with E-state index in [9.17, 15) is 0 Å². The predicted molar refractivity (Wildman–Crippen MR) is 282 cm³/mol. The first-order valence-corrected chi connectivity index (χ1v) is 25.9. The Morgan fingerprint density at radius 3 is 0.644 bits per heavy atom. The second-order valence-electron chi connectivity index (χ2n) is 17.6. The van der Waals surface area contributed by atoms with Gasteiger partial charge in [-0.2, -0.15) is 0 Å². The molecule has 0 radical (unpaired) electrons. The summed E-state index contributed by atoms with van der Waals surface area (Å²) in [6.45, 7) is 20.3. The summed E-state index contributed by atoms with van der Waals surface area (Å²) in [6, 6.07) is 15.4. The molecule has 0 saturated heterocycles. The van der Waals surface area contributed by atoms with Gasteiger partial charge in [-0.1, -0.05) is 55.4 Å². The summed E-state index contributed by atoms with van der Waals surface area (Å²) in [6.07, 6.45) is 6.27. The zero-order valence-corrected chi connectivity index (χ0v) is 44.1. The number of benzene rings is 4. The van der Waals surface area contributed by atoms with E-state index in [0.717, 1.165) is 51.4 Å². The Hall–Kier alpha value is -6.84. The van der Waals surface area contributed by atoms with E-state index in [1.165, 1.54) is 0 Å². The molecule has 7 aromatic rings. The second kappa shape index (κ2) is 24.3. The molecule has 0 unspecified atom stereocenters. The minimum Gasteiger partial charge on any atom is -0.493 e. The van der Waals surface area contributed by atoms with Crippen molar-refractivity contribution in [2.45, 2.75) is 107 Å². The van der Waals surface area contributed by atoms with E-state index in [4.69, 9.17) is 67.8 Å². The van der Waals surface area contributed by atoms with Crippen LogP contribution in [0.1, 0.15) is 107 Å². The third-order valence-corrected chi connectivity index (χ3v) is 11.8. The minimum absolute atomic E-state index is 0. The molecule has 5 heterocycles. The van der Waals surface area contributed by atoms with Crippen LogP contribution >= 0.6 is 0 Å². The van der Waals surface area contributed by atoms with Crippen LogP contribution in [0.3, 0.4) is 0 Å². The monoisotopic (exact) mass is 1040 g/mol. The van der Waals surface area contributed by atoms with E-state index in [1.54, 1.807) is 0 Å². The van der Waals surface area contributed by atoms with Crippen molar-refractivity contribution >= 4 is 44.1 Å². The van der Waals surface area contributed by atoms with E-state index >= 15 is 0 Å². The molecule has 2 aliphatic heterocycles. The number of aromatic nitrogens is 8. The van der Waals surface area contributed by atoms with Gasteiger partial charge in [-0.25, -0.2) is 29.9 Å². The first-order chi connectivity index (χ1) is 35.4. The van der Waals surface area contributed by atoms with Gasteiger partial charge in [0.2, 0.25) is 0 Å². The molecule has 0 aliphatic carbocycles. The molecule has 0 saturated carbocycles. The minimum atomic E-state index is 0. The van der Waals surface area contributed by atoms with Crippen molar-refractivity contribution in [1.82, 2.24) is 39.9 Å². The maximum absolute atomic E-state index is 6.53. The van der Waals surface area contributed by atoms with E-state index in [2.05, 4.69) is 65.4 Å². The Labute approximate surface area is 436 Å². The summed E-state index contributed by atoms with van der Waals surface area (Å²) in [5, 5.41) is 2.65. The Morgan fingerprint density at radius 1 is 0.274 bits per heavy atom. The van der Waals surface area contributed by atoms with E-state index in [0.29, 0.717) is 189 Å². The molecule has 16 nitrogen and oxygen atoms in total. The molecule has 388 valence electrons. The van der Waals surface area contributed by atoms with Gasteiger partial charge in [0, 0.05) is 0 Å². The molecule has 0 spiro atoms. The number of nitrogens with zero attached hydrogens (tertiary/aromatic N) is 6. The standard InChI is InChI=1S/C56H66N8O8.Cu/c1-9-25-65-33-17-18-34(66-26-10-2)42-41(33)49-57-50(42)62-52-45-37(69-29-13-5)21-22-38(70-30-14-6)46(45)54(59-52)64-56-48-40(72-32-16-8)24-23-39(71-31-15-7)47(48)55(60-56)63-53-44-36(68-28-12-4)20-19-35(67-27-11-3)43(44)51(58-53)61-49;/h17-24H,9-16,25-32H2,1-8H3,(H2,57,58,59,60,61,62,63,64);/q;+1. The van der Waals surface area contributed by atoms with Crippen molar-refractivity contribution < 1.29 is 55.0 Å². The molecule has 73 heavy (non-hydrogen) atoms. The summed E-state index contributed by atoms with van der Waals surface area (Å²) < 4.78 is 52.2. The SMILES string of the molecule is CCCOc1ccc(OCCC)c2c1-c1nc-2nc2[nH]c(nc3nc(nc4[nH]c(n1)c1c(OCCC)ccc(OCCC)c41)-c1c(OCCC)ccc(OCCC)c1-3)c1c(OCCC)ccc(OCCC)c21.[Cu+]. The van der Waals surface area contributed by atoms with Gasteiger partial charge in [0.25, 0.3) is 0 Å². The van der Waals surface area contributed by atoms with E-state index in [-0.39, 0.29) is 17.1 Å². The summed E-state index contributed by atoms with van der Waals surface area (Å²) in [7, 11) is 0. The van der Waals surface area contributed by atoms with Gasteiger partial charge in [0.1, 0.15) is 68.6 Å². The van der Waals surface area contributed by atoms with Crippen molar-refractivity contribution in [2.75, 3.05) is 52.9 Å². The summed E-state index contributed by atoms with van der Waals surface area (Å²) >= 11 is 0. The Balaban J connectivity index is 0.00000711. The number of fused-ring (bicyclic) bond motifs is 20. The van der Waals surface area contributed by atoms with Gasteiger partial charge in [0.15, 0.2) is 23.3 Å². The van der Waals surface area contributed by atoms with Gasteiger partial charge >= 0.3 is 17.1 Å². The Morgan fingerprint density at radius 2 is 0.452 bits per heavy atom. The number of aromatic amines is 2. The number of nitrogens with one attached hydrogen (secondary N) is 2. The topological polar surface area (TPSA) is 183 Å². The Kier molecular flexibility index (Phi) is 17.4. The van der Waals surface area contributed by atoms with Gasteiger partial charge in [-0.15, -0.1) is 0 Å². The van der Waals surface area contributed by atoms with E-state index in [1.807, 2.05) is 48.5 Å². The Bertz CT molecular complexity index is 2830. The molecule has 0 amide bonds. The van der Waals surface area contributed by atoms with Crippen LogP contribution < -0.4 is 37.9 Å². The van der Waals surface area contributed by atoms with Crippen molar-refractivity contribution in [3.8, 4) is 91.5 Å². The van der Waals surface area contributed by atoms with Crippen LogP contribution in [-0.4, -0.2) is 92.7 Å². The maximum Gasteiger partial charge on any atom is 1.00 e. The van der Waals surface area contributed by atoms with Gasteiger partial charge in [0.05, 0.1) is 96.7 Å². The van der Waals surface area contributed by atoms with E-state index < -0.39 is 0 Å².